The molecule has 1 aliphatic rings. The molecule has 0 bridgehead atoms. The van der Waals surface area contributed by atoms with Crippen molar-refractivity contribution >= 4 is 29.6 Å². The molecule has 2 amide bonds. The van der Waals surface area contributed by atoms with Crippen molar-refractivity contribution in [1.29, 1.82) is 0 Å². The molecule has 4 rings (SSSR count). The summed E-state index contributed by atoms with van der Waals surface area (Å²) >= 11 is 6.07. The number of halogens is 1. The number of rotatable bonds is 5. The number of hydrogen-bond donors (Lipinski definition) is 2. The summed E-state index contributed by atoms with van der Waals surface area (Å²) in [5, 5.41) is 3.50. The third-order valence-electron chi connectivity index (χ3n) is 5.30. The Hall–Kier alpha value is -3.64. The fourth-order valence-corrected chi connectivity index (χ4v) is 3.86. The summed E-state index contributed by atoms with van der Waals surface area (Å²) in [6.07, 6.45) is 1.82. The number of hydrazine groups is 1. The first-order valence-electron chi connectivity index (χ1n) is 10.2. The summed E-state index contributed by atoms with van der Waals surface area (Å²) in [5.74, 6) is 0.0951. The standard InChI is InChI=1S/C25H22ClN3O3/c1-16-5-3-7-19(13-16)24(30)27-22-23(18-9-11-20(26)12-10-18)29(28-25(22)31)15-17-6-4-8-21(14-17)32-2/h3-15,22-23H,1-2H3,(H-,27,28,30,31)/p+1/b29-15-/t22-,23-/m0/s1. The predicted octanol–water partition coefficient (Wildman–Crippen LogP) is 3.67. The van der Waals surface area contributed by atoms with Crippen LogP contribution in [-0.4, -0.2) is 35.9 Å². The summed E-state index contributed by atoms with van der Waals surface area (Å²) in [6, 6.07) is 20.7. The van der Waals surface area contributed by atoms with Crippen LogP contribution in [0.2, 0.25) is 5.02 Å². The third kappa shape index (κ3) is 4.65. The lowest BCUT2D eigenvalue weighted by Gasteiger charge is -2.15. The molecule has 3 aromatic carbocycles. The highest BCUT2D eigenvalue weighted by atomic mass is 35.5. The van der Waals surface area contributed by atoms with Crippen LogP contribution in [0.4, 0.5) is 0 Å². The van der Waals surface area contributed by atoms with Crippen LogP contribution in [-0.2, 0) is 4.79 Å². The second-order valence-corrected chi connectivity index (χ2v) is 8.04. The zero-order valence-electron chi connectivity index (χ0n) is 17.7. The van der Waals surface area contributed by atoms with Crippen LogP contribution in [0.15, 0.2) is 72.8 Å². The van der Waals surface area contributed by atoms with Crippen molar-refractivity contribution in [2.75, 3.05) is 7.11 Å². The van der Waals surface area contributed by atoms with E-state index in [4.69, 9.17) is 16.3 Å². The second kappa shape index (κ2) is 9.24. The Kier molecular flexibility index (Phi) is 6.23. The lowest BCUT2D eigenvalue weighted by molar-refractivity contribution is -0.596. The molecule has 1 fully saturated rings. The first kappa shape index (κ1) is 21.6. The van der Waals surface area contributed by atoms with Crippen molar-refractivity contribution in [2.24, 2.45) is 0 Å². The van der Waals surface area contributed by atoms with Gasteiger partial charge in [0.15, 0.2) is 6.04 Å². The molecule has 162 valence electrons. The smallest absolute Gasteiger partial charge is 0.304 e. The fraction of sp³-hybridized carbons (Fsp3) is 0.160. The number of carbonyl (C=O) groups is 2. The minimum absolute atomic E-state index is 0.301. The Bertz CT molecular complexity index is 1190. The molecule has 1 saturated heterocycles. The first-order valence-corrected chi connectivity index (χ1v) is 10.5. The maximum Gasteiger partial charge on any atom is 0.304 e. The monoisotopic (exact) mass is 448 g/mol. The van der Waals surface area contributed by atoms with Gasteiger partial charge in [0, 0.05) is 21.7 Å². The van der Waals surface area contributed by atoms with E-state index >= 15 is 0 Å². The van der Waals surface area contributed by atoms with Crippen LogP contribution >= 0.6 is 11.6 Å². The highest BCUT2D eigenvalue weighted by molar-refractivity contribution is 6.30. The van der Waals surface area contributed by atoms with E-state index in [1.807, 2.05) is 61.7 Å². The zero-order valence-corrected chi connectivity index (χ0v) is 18.5. The molecule has 7 heteroatoms. The summed E-state index contributed by atoms with van der Waals surface area (Å²) in [4.78, 5) is 25.9. The molecule has 2 N–H and O–H groups in total. The van der Waals surface area contributed by atoms with Crippen molar-refractivity contribution in [3.63, 3.8) is 0 Å². The van der Waals surface area contributed by atoms with Gasteiger partial charge in [-0.05, 0) is 49.4 Å². The molecule has 0 saturated carbocycles. The van der Waals surface area contributed by atoms with Crippen molar-refractivity contribution in [3.05, 3.63) is 100 Å². The Balaban J connectivity index is 1.71. The van der Waals surface area contributed by atoms with E-state index < -0.39 is 12.1 Å². The number of hydrogen-bond acceptors (Lipinski definition) is 3. The quantitative estimate of drug-likeness (QED) is 0.585. The van der Waals surface area contributed by atoms with Crippen molar-refractivity contribution in [1.82, 2.24) is 10.7 Å². The highest BCUT2D eigenvalue weighted by Crippen LogP contribution is 2.27. The molecule has 0 aliphatic carbocycles. The minimum atomic E-state index is -0.800. The Labute approximate surface area is 191 Å². The molecule has 3 aromatic rings. The molecule has 0 aromatic heterocycles. The Morgan fingerprint density at radius 2 is 1.84 bits per heavy atom. The molecular weight excluding hydrogens is 426 g/mol. The van der Waals surface area contributed by atoms with Gasteiger partial charge in [0.1, 0.15) is 5.75 Å². The first-order chi connectivity index (χ1) is 15.4. The van der Waals surface area contributed by atoms with E-state index in [0.29, 0.717) is 16.3 Å². The number of nitrogens with zero attached hydrogens (tertiary/aromatic N) is 1. The summed E-state index contributed by atoms with van der Waals surface area (Å²) < 4.78 is 7.01. The summed E-state index contributed by atoms with van der Waals surface area (Å²) in [7, 11) is 1.60. The number of hydrazone groups is 1. The van der Waals surface area contributed by atoms with Gasteiger partial charge < -0.3 is 10.1 Å². The van der Waals surface area contributed by atoms with Gasteiger partial charge in [-0.2, -0.15) is 0 Å². The van der Waals surface area contributed by atoms with E-state index in [-0.39, 0.29) is 11.8 Å². The zero-order chi connectivity index (χ0) is 22.7. The van der Waals surface area contributed by atoms with Gasteiger partial charge in [-0.15, -0.1) is 10.1 Å². The molecule has 2 atom stereocenters. The molecular formula is C25H23ClN3O3+. The van der Waals surface area contributed by atoms with E-state index in [0.717, 1.165) is 16.7 Å². The number of amides is 2. The van der Waals surface area contributed by atoms with Gasteiger partial charge >= 0.3 is 5.91 Å². The minimum Gasteiger partial charge on any atom is -0.497 e. The third-order valence-corrected chi connectivity index (χ3v) is 5.55. The van der Waals surface area contributed by atoms with Gasteiger partial charge in [-0.1, -0.05) is 47.5 Å². The average Bonchev–Trinajstić information content (AvgIpc) is 3.09. The van der Waals surface area contributed by atoms with Crippen LogP contribution in [0.25, 0.3) is 0 Å². The number of ether oxygens (including phenoxy) is 1. The van der Waals surface area contributed by atoms with Crippen molar-refractivity contribution in [2.45, 2.75) is 19.0 Å². The summed E-state index contributed by atoms with van der Waals surface area (Å²) in [5.41, 5.74) is 6.02. The van der Waals surface area contributed by atoms with Gasteiger partial charge in [0.2, 0.25) is 12.3 Å². The second-order valence-electron chi connectivity index (χ2n) is 7.61. The van der Waals surface area contributed by atoms with E-state index in [1.54, 1.807) is 36.1 Å². The molecule has 0 radical (unpaired) electrons. The molecule has 6 nitrogen and oxygen atoms in total. The highest BCUT2D eigenvalue weighted by Gasteiger charge is 2.47. The van der Waals surface area contributed by atoms with Crippen LogP contribution in [0.3, 0.4) is 0 Å². The normalized spacial score (nSPS) is 19.0. The number of carbonyl (C=O) groups excluding carboxylic acids is 2. The van der Waals surface area contributed by atoms with E-state index in [2.05, 4.69) is 10.7 Å². The lowest BCUT2D eigenvalue weighted by atomic mass is 9.99. The van der Waals surface area contributed by atoms with Crippen LogP contribution in [0.1, 0.15) is 33.1 Å². The van der Waals surface area contributed by atoms with Gasteiger partial charge in [-0.25, -0.2) is 0 Å². The number of aryl methyl sites for hydroxylation is 1. The summed E-state index contributed by atoms with van der Waals surface area (Å²) in [6.45, 7) is 1.92. The Morgan fingerprint density at radius 3 is 2.56 bits per heavy atom. The maximum atomic E-state index is 12.9. The molecule has 1 heterocycles. The number of nitrogens with one attached hydrogen (secondary N) is 2. The van der Waals surface area contributed by atoms with Crippen LogP contribution in [0, 0.1) is 6.92 Å². The number of methoxy groups -OCH3 is 1. The van der Waals surface area contributed by atoms with Crippen LogP contribution in [0.5, 0.6) is 5.75 Å². The van der Waals surface area contributed by atoms with Gasteiger partial charge in [-0.3, -0.25) is 9.59 Å². The topological polar surface area (TPSA) is 70.4 Å². The molecule has 32 heavy (non-hydrogen) atoms. The SMILES string of the molecule is COc1cccc(/C=[N+]2\NC(=O)[C@@H](NC(=O)c3cccc(C)c3)[C@@H]2c2ccc(Cl)cc2)c1. The van der Waals surface area contributed by atoms with Crippen molar-refractivity contribution in [3.8, 4) is 5.75 Å². The lowest BCUT2D eigenvalue weighted by Crippen LogP contribution is -2.42. The molecule has 0 spiro atoms. The van der Waals surface area contributed by atoms with Gasteiger partial charge in [0.05, 0.1) is 7.11 Å². The molecule has 1 aliphatic heterocycles. The fourth-order valence-electron chi connectivity index (χ4n) is 3.73. The Morgan fingerprint density at radius 1 is 1.09 bits per heavy atom. The predicted molar refractivity (Wildman–Crippen MR) is 123 cm³/mol. The molecule has 0 unspecified atom stereocenters. The van der Waals surface area contributed by atoms with Gasteiger partial charge in [0.25, 0.3) is 5.91 Å². The maximum absolute atomic E-state index is 12.9. The van der Waals surface area contributed by atoms with E-state index in [9.17, 15) is 9.59 Å². The van der Waals surface area contributed by atoms with Crippen molar-refractivity contribution < 1.29 is 19.0 Å². The average molecular weight is 449 g/mol. The van der Waals surface area contributed by atoms with E-state index in [1.165, 1.54) is 0 Å². The number of benzene rings is 3. The largest absolute Gasteiger partial charge is 0.497 e. The van der Waals surface area contributed by atoms with Crippen LogP contribution < -0.4 is 15.5 Å².